The van der Waals surface area contributed by atoms with Gasteiger partial charge >= 0.3 is 0 Å². The average molecular weight is 264 g/mol. The van der Waals surface area contributed by atoms with Crippen LogP contribution >= 0.6 is 0 Å². The number of hydrogen-bond donors (Lipinski definition) is 2. The third kappa shape index (κ3) is 2.32. The van der Waals surface area contributed by atoms with Crippen molar-refractivity contribution in [2.45, 2.75) is 37.6 Å². The van der Waals surface area contributed by atoms with Gasteiger partial charge in [-0.1, -0.05) is 18.2 Å². The number of hydrogen-bond acceptors (Lipinski definition) is 2. The summed E-state index contributed by atoms with van der Waals surface area (Å²) in [5.74, 6) is -1.36. The quantitative estimate of drug-likeness (QED) is 0.858. The van der Waals surface area contributed by atoms with Gasteiger partial charge in [-0.25, -0.2) is 4.39 Å². The van der Waals surface area contributed by atoms with Gasteiger partial charge in [-0.2, -0.15) is 0 Å². The van der Waals surface area contributed by atoms with E-state index in [0.717, 1.165) is 0 Å². The van der Waals surface area contributed by atoms with Crippen molar-refractivity contribution >= 4 is 11.8 Å². The molecular weight excluding hydrogens is 247 g/mol. The fourth-order valence-corrected chi connectivity index (χ4v) is 2.06. The highest BCUT2D eigenvalue weighted by molar-refractivity contribution is 5.96. The van der Waals surface area contributed by atoms with Crippen LogP contribution < -0.4 is 11.1 Å². The van der Waals surface area contributed by atoms with Crippen LogP contribution in [-0.2, 0) is 15.0 Å². The largest absolute Gasteiger partial charge is 0.368 e. The number of carbonyl (C=O) groups is 2. The fourth-order valence-electron chi connectivity index (χ4n) is 2.06. The normalized spacial score (nSPS) is 16.8. The molecule has 1 aliphatic carbocycles. The van der Waals surface area contributed by atoms with Crippen molar-refractivity contribution < 1.29 is 14.0 Å². The van der Waals surface area contributed by atoms with Crippen LogP contribution in [0.25, 0.3) is 0 Å². The molecule has 0 aliphatic heterocycles. The first kappa shape index (κ1) is 13.5. The van der Waals surface area contributed by atoms with Gasteiger partial charge in [0.05, 0.1) is 5.41 Å². The molecule has 0 heterocycles. The van der Waals surface area contributed by atoms with Crippen LogP contribution in [0.2, 0.25) is 0 Å². The van der Waals surface area contributed by atoms with Crippen molar-refractivity contribution in [2.24, 2.45) is 5.73 Å². The fraction of sp³-hybridized carbons (Fsp3) is 0.429. The van der Waals surface area contributed by atoms with Gasteiger partial charge in [0.1, 0.15) is 11.4 Å². The van der Waals surface area contributed by atoms with E-state index in [-0.39, 0.29) is 5.91 Å². The predicted octanol–water partition coefficient (Wildman–Crippen LogP) is 1.24. The molecular formula is C14H17FN2O2. The Kier molecular flexibility index (Phi) is 3.08. The molecule has 5 heteroatoms. The van der Waals surface area contributed by atoms with Gasteiger partial charge in [0, 0.05) is 5.56 Å². The van der Waals surface area contributed by atoms with Crippen LogP contribution in [-0.4, -0.2) is 17.4 Å². The summed E-state index contributed by atoms with van der Waals surface area (Å²) in [4.78, 5) is 23.6. The van der Waals surface area contributed by atoms with Crippen molar-refractivity contribution in [1.82, 2.24) is 5.32 Å². The molecule has 2 rings (SSSR count). The molecule has 1 aromatic rings. The molecule has 2 amide bonds. The number of amides is 2. The van der Waals surface area contributed by atoms with Crippen molar-refractivity contribution in [2.75, 3.05) is 0 Å². The summed E-state index contributed by atoms with van der Waals surface area (Å²) in [6, 6.07) is 6.23. The molecule has 0 aromatic heterocycles. The molecule has 0 spiro atoms. The SMILES string of the molecule is CC(C)(NC(=O)C1(c2ccccc2F)CC1)C(N)=O. The zero-order valence-electron chi connectivity index (χ0n) is 11.0. The Morgan fingerprint density at radius 1 is 1.32 bits per heavy atom. The van der Waals surface area contributed by atoms with Crippen LogP contribution in [0.15, 0.2) is 24.3 Å². The van der Waals surface area contributed by atoms with E-state index in [9.17, 15) is 14.0 Å². The second-order valence-electron chi connectivity index (χ2n) is 5.51. The van der Waals surface area contributed by atoms with Crippen LogP contribution in [0.4, 0.5) is 4.39 Å². The van der Waals surface area contributed by atoms with Crippen molar-refractivity contribution in [1.29, 1.82) is 0 Å². The predicted molar refractivity (Wildman–Crippen MR) is 68.7 cm³/mol. The first-order valence-electron chi connectivity index (χ1n) is 6.17. The third-order valence-electron chi connectivity index (χ3n) is 3.62. The Labute approximate surface area is 111 Å². The molecule has 1 saturated carbocycles. The highest BCUT2D eigenvalue weighted by Gasteiger charge is 2.53. The van der Waals surface area contributed by atoms with Gasteiger partial charge in [-0.15, -0.1) is 0 Å². The first-order valence-corrected chi connectivity index (χ1v) is 6.17. The lowest BCUT2D eigenvalue weighted by atomic mass is 9.92. The summed E-state index contributed by atoms with van der Waals surface area (Å²) in [6.07, 6.45) is 1.16. The van der Waals surface area contributed by atoms with Crippen LogP contribution in [0.5, 0.6) is 0 Å². The second-order valence-corrected chi connectivity index (χ2v) is 5.51. The number of nitrogens with two attached hydrogens (primary N) is 1. The summed E-state index contributed by atoms with van der Waals surface area (Å²) in [7, 11) is 0. The molecule has 1 aliphatic rings. The van der Waals surface area contributed by atoms with E-state index < -0.39 is 22.7 Å². The summed E-state index contributed by atoms with van der Waals surface area (Å²) in [5, 5.41) is 2.60. The van der Waals surface area contributed by atoms with E-state index >= 15 is 0 Å². The van der Waals surface area contributed by atoms with Crippen molar-refractivity contribution in [3.63, 3.8) is 0 Å². The highest BCUT2D eigenvalue weighted by Crippen LogP contribution is 2.49. The standard InChI is InChI=1S/C14H17FN2O2/c1-13(2,11(16)18)17-12(19)14(7-8-14)9-5-3-4-6-10(9)15/h3-6H,7-8H2,1-2H3,(H2,16,18)(H,17,19). The maximum Gasteiger partial charge on any atom is 0.242 e. The van der Waals surface area contributed by atoms with E-state index in [2.05, 4.69) is 5.32 Å². The van der Waals surface area contributed by atoms with E-state index in [1.807, 2.05) is 0 Å². The zero-order valence-corrected chi connectivity index (χ0v) is 11.0. The molecule has 0 saturated heterocycles. The maximum atomic E-state index is 13.8. The Morgan fingerprint density at radius 3 is 2.37 bits per heavy atom. The molecule has 102 valence electrons. The van der Waals surface area contributed by atoms with Crippen molar-refractivity contribution in [3.8, 4) is 0 Å². The average Bonchev–Trinajstić information content (AvgIpc) is 3.10. The summed E-state index contributed by atoms with van der Waals surface area (Å²) in [6.45, 7) is 3.06. The van der Waals surface area contributed by atoms with E-state index in [4.69, 9.17) is 5.73 Å². The second kappa shape index (κ2) is 4.33. The summed E-state index contributed by atoms with van der Waals surface area (Å²) < 4.78 is 13.8. The lowest BCUT2D eigenvalue weighted by molar-refractivity contribution is -0.131. The highest BCUT2D eigenvalue weighted by atomic mass is 19.1. The van der Waals surface area contributed by atoms with E-state index in [1.54, 1.807) is 18.2 Å². The molecule has 0 unspecified atom stereocenters. The van der Waals surface area contributed by atoms with E-state index in [1.165, 1.54) is 19.9 Å². The minimum Gasteiger partial charge on any atom is -0.368 e. The maximum absolute atomic E-state index is 13.8. The molecule has 4 nitrogen and oxygen atoms in total. The smallest absolute Gasteiger partial charge is 0.242 e. The third-order valence-corrected chi connectivity index (χ3v) is 3.62. The lowest BCUT2D eigenvalue weighted by Gasteiger charge is -2.26. The molecule has 1 fully saturated rings. The van der Waals surface area contributed by atoms with Crippen molar-refractivity contribution in [3.05, 3.63) is 35.6 Å². The van der Waals surface area contributed by atoms with Gasteiger partial charge in [0.2, 0.25) is 11.8 Å². The Bertz CT molecular complexity index is 536. The number of benzene rings is 1. The van der Waals surface area contributed by atoms with E-state index in [0.29, 0.717) is 18.4 Å². The zero-order chi connectivity index (χ0) is 14.3. The topological polar surface area (TPSA) is 72.2 Å². The number of nitrogens with one attached hydrogen (secondary N) is 1. The van der Waals surface area contributed by atoms with Gasteiger partial charge in [-0.3, -0.25) is 9.59 Å². The van der Waals surface area contributed by atoms with Gasteiger partial charge < -0.3 is 11.1 Å². The molecule has 0 atom stereocenters. The number of rotatable bonds is 4. The van der Waals surface area contributed by atoms with Crippen LogP contribution in [0.1, 0.15) is 32.3 Å². The minimum atomic E-state index is -1.14. The van der Waals surface area contributed by atoms with Gasteiger partial charge in [0.15, 0.2) is 0 Å². The Morgan fingerprint density at radius 2 is 1.89 bits per heavy atom. The monoisotopic (exact) mass is 264 g/mol. The number of halogens is 1. The number of carbonyl (C=O) groups excluding carboxylic acids is 2. The molecule has 1 aromatic carbocycles. The number of primary amides is 1. The Balaban J connectivity index is 2.25. The lowest BCUT2D eigenvalue weighted by Crippen LogP contribution is -2.55. The minimum absolute atomic E-state index is 0.346. The van der Waals surface area contributed by atoms with Gasteiger partial charge in [-0.05, 0) is 32.8 Å². The molecule has 3 N–H and O–H groups in total. The Hall–Kier alpha value is -1.91. The van der Waals surface area contributed by atoms with Crippen LogP contribution in [0.3, 0.4) is 0 Å². The van der Waals surface area contributed by atoms with Crippen LogP contribution in [0, 0.1) is 5.82 Å². The first-order chi connectivity index (χ1) is 8.79. The molecule has 19 heavy (non-hydrogen) atoms. The molecule has 0 radical (unpaired) electrons. The molecule has 0 bridgehead atoms. The summed E-state index contributed by atoms with van der Waals surface area (Å²) >= 11 is 0. The summed E-state index contributed by atoms with van der Waals surface area (Å²) in [5.41, 5.74) is 3.62. The van der Waals surface area contributed by atoms with Gasteiger partial charge in [0.25, 0.3) is 0 Å².